The molecule has 1 atom stereocenters. The van der Waals surface area contributed by atoms with Crippen molar-refractivity contribution in [3.05, 3.63) is 28.2 Å². The molecule has 5 nitrogen and oxygen atoms in total. The number of ether oxygens (including phenoxy) is 1. The van der Waals surface area contributed by atoms with Gasteiger partial charge in [0.25, 0.3) is 5.91 Å². The number of hydrogen-bond acceptors (Lipinski definition) is 4. The van der Waals surface area contributed by atoms with Crippen LogP contribution in [0.2, 0.25) is 10.0 Å². The Hall–Kier alpha value is -1.11. The second-order valence-corrected chi connectivity index (χ2v) is 7.63. The quantitative estimate of drug-likeness (QED) is 0.774. The standard InChI is InChI=1S/C16H20Cl2N2O3S/c1-10(2)19(3)16(22)13-8-24-9-20(13)15(21)7-23-14-5-4-11(17)6-12(14)18/h4-6,10,13H,7-9H2,1-3H3. The van der Waals surface area contributed by atoms with E-state index >= 15 is 0 Å². The van der Waals surface area contributed by atoms with Gasteiger partial charge in [0.15, 0.2) is 6.61 Å². The molecule has 24 heavy (non-hydrogen) atoms. The average Bonchev–Trinajstić information content (AvgIpc) is 3.01. The molecule has 0 aromatic heterocycles. The maximum Gasteiger partial charge on any atom is 0.261 e. The molecule has 0 bridgehead atoms. The molecule has 132 valence electrons. The maximum atomic E-state index is 12.5. The van der Waals surface area contributed by atoms with Crippen LogP contribution in [-0.2, 0) is 9.59 Å². The molecule has 0 spiro atoms. The van der Waals surface area contributed by atoms with Gasteiger partial charge in [-0.25, -0.2) is 0 Å². The van der Waals surface area contributed by atoms with Crippen LogP contribution in [0.1, 0.15) is 13.8 Å². The molecule has 0 radical (unpaired) electrons. The lowest BCUT2D eigenvalue weighted by atomic mass is 10.2. The smallest absolute Gasteiger partial charge is 0.261 e. The Bertz CT molecular complexity index is 627. The molecule has 1 aliphatic heterocycles. The van der Waals surface area contributed by atoms with Gasteiger partial charge in [0.2, 0.25) is 5.91 Å². The largest absolute Gasteiger partial charge is 0.482 e. The molecule has 0 saturated carbocycles. The van der Waals surface area contributed by atoms with Gasteiger partial charge in [0, 0.05) is 23.9 Å². The highest BCUT2D eigenvalue weighted by Gasteiger charge is 2.36. The highest BCUT2D eigenvalue weighted by Crippen LogP contribution is 2.28. The summed E-state index contributed by atoms with van der Waals surface area (Å²) in [5.74, 6) is 1.19. The van der Waals surface area contributed by atoms with Gasteiger partial charge >= 0.3 is 0 Å². The van der Waals surface area contributed by atoms with Crippen molar-refractivity contribution < 1.29 is 14.3 Å². The summed E-state index contributed by atoms with van der Waals surface area (Å²) < 4.78 is 5.49. The summed E-state index contributed by atoms with van der Waals surface area (Å²) in [6.45, 7) is 3.71. The Morgan fingerprint density at radius 2 is 2.12 bits per heavy atom. The molecule has 2 rings (SSSR count). The minimum absolute atomic E-state index is 0.0483. The lowest BCUT2D eigenvalue weighted by molar-refractivity contribution is -0.144. The highest BCUT2D eigenvalue weighted by atomic mass is 35.5. The van der Waals surface area contributed by atoms with Crippen LogP contribution in [0.5, 0.6) is 5.75 Å². The van der Waals surface area contributed by atoms with E-state index in [4.69, 9.17) is 27.9 Å². The second-order valence-electron chi connectivity index (χ2n) is 5.79. The Kier molecular flexibility index (Phi) is 6.66. The van der Waals surface area contributed by atoms with Crippen molar-refractivity contribution in [1.29, 1.82) is 0 Å². The molecular formula is C16H20Cl2N2O3S. The number of hydrogen-bond donors (Lipinski definition) is 0. The van der Waals surface area contributed by atoms with E-state index < -0.39 is 6.04 Å². The van der Waals surface area contributed by atoms with Crippen LogP contribution in [-0.4, -0.2) is 59.0 Å². The Morgan fingerprint density at radius 3 is 2.75 bits per heavy atom. The van der Waals surface area contributed by atoms with E-state index in [0.717, 1.165) is 0 Å². The number of benzene rings is 1. The lowest BCUT2D eigenvalue weighted by Crippen LogP contribution is -2.50. The fourth-order valence-corrected chi connectivity index (χ4v) is 3.83. The fraction of sp³-hybridized carbons (Fsp3) is 0.500. The molecule has 1 aromatic rings. The zero-order valence-electron chi connectivity index (χ0n) is 13.8. The van der Waals surface area contributed by atoms with Crippen molar-refractivity contribution in [3.8, 4) is 5.75 Å². The summed E-state index contributed by atoms with van der Waals surface area (Å²) in [5, 5.41) is 0.843. The number of amides is 2. The van der Waals surface area contributed by atoms with Crippen molar-refractivity contribution in [1.82, 2.24) is 9.80 Å². The van der Waals surface area contributed by atoms with Gasteiger partial charge in [0.1, 0.15) is 11.8 Å². The third-order valence-corrected chi connectivity index (χ3v) is 5.40. The first kappa shape index (κ1) is 19.2. The zero-order chi connectivity index (χ0) is 17.9. The molecule has 1 fully saturated rings. The normalized spacial score (nSPS) is 17.2. The van der Waals surface area contributed by atoms with Crippen LogP contribution in [0, 0.1) is 0 Å². The van der Waals surface area contributed by atoms with Crippen LogP contribution in [0.4, 0.5) is 0 Å². The molecule has 1 unspecified atom stereocenters. The van der Waals surface area contributed by atoms with Crippen molar-refractivity contribution in [3.63, 3.8) is 0 Å². The van der Waals surface area contributed by atoms with E-state index in [-0.39, 0.29) is 24.5 Å². The Balaban J connectivity index is 1.99. The highest BCUT2D eigenvalue weighted by molar-refractivity contribution is 7.99. The molecule has 8 heteroatoms. The van der Waals surface area contributed by atoms with E-state index in [9.17, 15) is 9.59 Å². The first-order chi connectivity index (χ1) is 11.3. The first-order valence-electron chi connectivity index (χ1n) is 7.53. The van der Waals surface area contributed by atoms with Crippen LogP contribution in [0.15, 0.2) is 18.2 Å². The number of thioether (sulfide) groups is 1. The molecule has 2 amide bonds. The summed E-state index contributed by atoms with van der Waals surface area (Å²) in [7, 11) is 1.75. The number of rotatable bonds is 5. The molecule has 1 aliphatic rings. The predicted octanol–water partition coefficient (Wildman–Crippen LogP) is 3.14. The van der Waals surface area contributed by atoms with Crippen LogP contribution in [0.3, 0.4) is 0 Å². The van der Waals surface area contributed by atoms with Crippen molar-refractivity contribution in [2.45, 2.75) is 25.9 Å². The van der Waals surface area contributed by atoms with Gasteiger partial charge in [-0.3, -0.25) is 9.59 Å². The topological polar surface area (TPSA) is 49.9 Å². The van der Waals surface area contributed by atoms with Gasteiger partial charge < -0.3 is 14.5 Å². The van der Waals surface area contributed by atoms with E-state index in [0.29, 0.717) is 27.4 Å². The minimum Gasteiger partial charge on any atom is -0.482 e. The Labute approximate surface area is 156 Å². The van der Waals surface area contributed by atoms with Gasteiger partial charge in [-0.2, -0.15) is 0 Å². The third kappa shape index (κ3) is 4.49. The number of likely N-dealkylation sites (N-methyl/N-ethyl adjacent to an activating group) is 1. The summed E-state index contributed by atoms with van der Waals surface area (Å²) in [6.07, 6.45) is 0. The van der Waals surface area contributed by atoms with Gasteiger partial charge in [-0.15, -0.1) is 11.8 Å². The summed E-state index contributed by atoms with van der Waals surface area (Å²) in [4.78, 5) is 28.2. The zero-order valence-corrected chi connectivity index (χ0v) is 16.1. The number of carbonyl (C=O) groups excluding carboxylic acids is 2. The Morgan fingerprint density at radius 1 is 1.42 bits per heavy atom. The van der Waals surface area contributed by atoms with Crippen LogP contribution < -0.4 is 4.74 Å². The summed E-state index contributed by atoms with van der Waals surface area (Å²) >= 11 is 13.4. The number of carbonyl (C=O) groups is 2. The second kappa shape index (κ2) is 8.32. The summed E-state index contributed by atoms with van der Waals surface area (Å²) in [5.41, 5.74) is 0. The van der Waals surface area contributed by atoms with Crippen LogP contribution in [0.25, 0.3) is 0 Å². The predicted molar refractivity (Wildman–Crippen MR) is 97.8 cm³/mol. The maximum absolute atomic E-state index is 12.5. The third-order valence-electron chi connectivity index (χ3n) is 3.86. The molecule has 0 aliphatic carbocycles. The fourth-order valence-electron chi connectivity index (χ4n) is 2.20. The van der Waals surface area contributed by atoms with Crippen molar-refractivity contribution in [2.75, 3.05) is 25.3 Å². The monoisotopic (exact) mass is 390 g/mol. The average molecular weight is 391 g/mol. The lowest BCUT2D eigenvalue weighted by Gasteiger charge is -2.29. The minimum atomic E-state index is -0.445. The van der Waals surface area contributed by atoms with Crippen LogP contribution >= 0.6 is 35.0 Å². The first-order valence-corrected chi connectivity index (χ1v) is 9.44. The van der Waals surface area contributed by atoms with E-state index in [2.05, 4.69) is 0 Å². The molecule has 0 N–H and O–H groups in total. The van der Waals surface area contributed by atoms with Gasteiger partial charge in [-0.05, 0) is 32.0 Å². The van der Waals surface area contributed by atoms with E-state index in [1.54, 1.807) is 46.8 Å². The van der Waals surface area contributed by atoms with Crippen molar-refractivity contribution >= 4 is 46.8 Å². The SMILES string of the molecule is CC(C)N(C)C(=O)C1CSCN1C(=O)COc1ccc(Cl)cc1Cl. The number of nitrogens with zero attached hydrogens (tertiary/aromatic N) is 2. The molecular weight excluding hydrogens is 371 g/mol. The molecule has 1 heterocycles. The van der Waals surface area contributed by atoms with E-state index in [1.807, 2.05) is 13.8 Å². The number of halogens is 2. The van der Waals surface area contributed by atoms with Gasteiger partial charge in [0.05, 0.1) is 10.9 Å². The molecule has 1 saturated heterocycles. The molecule has 1 aromatic carbocycles. The van der Waals surface area contributed by atoms with E-state index in [1.165, 1.54) is 0 Å². The van der Waals surface area contributed by atoms with Gasteiger partial charge in [-0.1, -0.05) is 23.2 Å². The van der Waals surface area contributed by atoms with Crippen molar-refractivity contribution in [2.24, 2.45) is 0 Å². The summed E-state index contributed by atoms with van der Waals surface area (Å²) in [6, 6.07) is 4.45.